The SMILES string of the molecule is CNc1ncccc1S(=O)(=O)N(C)CCSC. The van der Waals surface area contributed by atoms with E-state index < -0.39 is 10.0 Å². The third-order valence-electron chi connectivity index (χ3n) is 2.31. The lowest BCUT2D eigenvalue weighted by Gasteiger charge is -2.18. The van der Waals surface area contributed by atoms with Crippen LogP contribution in [0.1, 0.15) is 0 Å². The van der Waals surface area contributed by atoms with Gasteiger partial charge in [-0.25, -0.2) is 13.4 Å². The first kappa shape index (κ1) is 14.3. The molecule has 0 saturated heterocycles. The Hall–Kier alpha value is -0.790. The van der Waals surface area contributed by atoms with E-state index >= 15 is 0 Å². The molecule has 0 atom stereocenters. The van der Waals surface area contributed by atoms with Crippen molar-refractivity contribution in [3.63, 3.8) is 0 Å². The highest BCUT2D eigenvalue weighted by molar-refractivity contribution is 7.98. The number of nitrogens with zero attached hydrogens (tertiary/aromatic N) is 2. The van der Waals surface area contributed by atoms with Crippen LogP contribution in [0.15, 0.2) is 23.2 Å². The van der Waals surface area contributed by atoms with Gasteiger partial charge in [0, 0.05) is 32.6 Å². The molecule has 1 rings (SSSR count). The van der Waals surface area contributed by atoms with Gasteiger partial charge in [0.1, 0.15) is 10.7 Å². The van der Waals surface area contributed by atoms with Gasteiger partial charge in [0.05, 0.1) is 0 Å². The van der Waals surface area contributed by atoms with Gasteiger partial charge < -0.3 is 5.32 Å². The summed E-state index contributed by atoms with van der Waals surface area (Å²) in [6.07, 6.45) is 3.51. The minimum absolute atomic E-state index is 0.214. The number of thioether (sulfide) groups is 1. The molecule has 0 fully saturated rings. The Bertz CT molecular complexity index is 462. The Kier molecular flexibility index (Phi) is 5.23. The summed E-state index contributed by atoms with van der Waals surface area (Å²) in [7, 11) is -0.222. The Morgan fingerprint density at radius 1 is 1.53 bits per heavy atom. The lowest BCUT2D eigenvalue weighted by Crippen LogP contribution is -2.29. The average Bonchev–Trinajstić information content (AvgIpc) is 2.35. The fourth-order valence-corrected chi connectivity index (χ4v) is 3.18. The van der Waals surface area contributed by atoms with Gasteiger partial charge in [-0.3, -0.25) is 0 Å². The van der Waals surface area contributed by atoms with Crippen molar-refractivity contribution in [3.8, 4) is 0 Å². The number of hydrogen-bond donors (Lipinski definition) is 1. The minimum atomic E-state index is -3.46. The number of sulfonamides is 1. The fourth-order valence-electron chi connectivity index (χ4n) is 1.29. The molecule has 1 aromatic rings. The maximum absolute atomic E-state index is 12.3. The second-order valence-corrected chi connectivity index (χ2v) is 6.42. The molecule has 0 unspecified atom stereocenters. The molecule has 0 radical (unpaired) electrons. The van der Waals surface area contributed by atoms with Crippen LogP contribution in [0.2, 0.25) is 0 Å². The Labute approximate surface area is 107 Å². The van der Waals surface area contributed by atoms with Crippen LogP contribution in [0.25, 0.3) is 0 Å². The number of nitrogens with one attached hydrogen (secondary N) is 1. The zero-order valence-electron chi connectivity index (χ0n) is 10.2. The molecular formula is C10H17N3O2S2. The topological polar surface area (TPSA) is 62.3 Å². The van der Waals surface area contributed by atoms with Crippen LogP contribution in [-0.2, 0) is 10.0 Å². The smallest absolute Gasteiger partial charge is 0.246 e. The molecule has 17 heavy (non-hydrogen) atoms. The Balaban J connectivity index is 3.04. The average molecular weight is 275 g/mol. The van der Waals surface area contributed by atoms with Gasteiger partial charge in [0.15, 0.2) is 0 Å². The summed E-state index contributed by atoms with van der Waals surface area (Å²) >= 11 is 1.61. The molecule has 0 spiro atoms. The monoisotopic (exact) mass is 275 g/mol. The number of hydrogen-bond acceptors (Lipinski definition) is 5. The van der Waals surface area contributed by atoms with E-state index in [0.717, 1.165) is 5.75 Å². The summed E-state index contributed by atoms with van der Waals surface area (Å²) in [5.41, 5.74) is 0. The number of anilines is 1. The summed E-state index contributed by atoms with van der Waals surface area (Å²) in [6.45, 7) is 0.488. The van der Waals surface area contributed by atoms with Crippen LogP contribution in [0.3, 0.4) is 0 Å². The summed E-state index contributed by atoms with van der Waals surface area (Å²) in [5, 5.41) is 2.79. The van der Waals surface area contributed by atoms with Crippen molar-refractivity contribution < 1.29 is 8.42 Å². The van der Waals surface area contributed by atoms with Gasteiger partial charge in [-0.1, -0.05) is 0 Å². The molecule has 0 bridgehead atoms. The molecule has 96 valence electrons. The second-order valence-electron chi connectivity index (χ2n) is 3.42. The lowest BCUT2D eigenvalue weighted by molar-refractivity contribution is 0.488. The first-order chi connectivity index (χ1) is 8.04. The van der Waals surface area contributed by atoms with Gasteiger partial charge in [0.25, 0.3) is 0 Å². The molecule has 0 aromatic carbocycles. The standard InChI is InChI=1S/C10H17N3O2S2/c1-11-10-9(5-4-6-12-10)17(14,15)13(2)7-8-16-3/h4-6H,7-8H2,1-3H3,(H,11,12). The maximum Gasteiger partial charge on any atom is 0.246 e. The Morgan fingerprint density at radius 3 is 2.82 bits per heavy atom. The molecule has 0 aliphatic rings. The van der Waals surface area contributed by atoms with E-state index in [9.17, 15) is 8.42 Å². The largest absolute Gasteiger partial charge is 0.372 e. The zero-order chi connectivity index (χ0) is 12.9. The van der Waals surface area contributed by atoms with Crippen LogP contribution in [-0.4, -0.2) is 50.4 Å². The highest BCUT2D eigenvalue weighted by Gasteiger charge is 2.23. The van der Waals surface area contributed by atoms with E-state index in [1.807, 2.05) is 6.26 Å². The van der Waals surface area contributed by atoms with Crippen molar-refractivity contribution in [1.29, 1.82) is 0 Å². The van der Waals surface area contributed by atoms with E-state index in [1.54, 1.807) is 44.2 Å². The van der Waals surface area contributed by atoms with Crippen molar-refractivity contribution in [2.75, 3.05) is 38.0 Å². The fraction of sp³-hybridized carbons (Fsp3) is 0.500. The third kappa shape index (κ3) is 3.34. The van der Waals surface area contributed by atoms with Gasteiger partial charge in [0.2, 0.25) is 10.0 Å². The summed E-state index contributed by atoms with van der Waals surface area (Å²) in [5.74, 6) is 1.15. The van der Waals surface area contributed by atoms with Crippen molar-refractivity contribution in [3.05, 3.63) is 18.3 Å². The van der Waals surface area contributed by atoms with Crippen LogP contribution >= 0.6 is 11.8 Å². The summed E-state index contributed by atoms with van der Waals surface area (Å²) in [6, 6.07) is 3.18. The van der Waals surface area contributed by atoms with Crippen LogP contribution in [0.5, 0.6) is 0 Å². The molecule has 1 heterocycles. The first-order valence-electron chi connectivity index (χ1n) is 5.12. The normalized spacial score (nSPS) is 11.8. The van der Waals surface area contributed by atoms with Crippen LogP contribution < -0.4 is 5.32 Å². The highest BCUT2D eigenvalue weighted by atomic mass is 32.2. The Morgan fingerprint density at radius 2 is 2.24 bits per heavy atom. The summed E-state index contributed by atoms with van der Waals surface area (Å²) < 4.78 is 25.9. The minimum Gasteiger partial charge on any atom is -0.372 e. The predicted octanol–water partition coefficient (Wildman–Crippen LogP) is 1.11. The number of rotatable bonds is 6. The van der Waals surface area contributed by atoms with Crippen LogP contribution in [0.4, 0.5) is 5.82 Å². The molecule has 1 N–H and O–H groups in total. The van der Waals surface area contributed by atoms with Crippen molar-refractivity contribution in [2.24, 2.45) is 0 Å². The maximum atomic E-state index is 12.3. The summed E-state index contributed by atoms with van der Waals surface area (Å²) in [4.78, 5) is 4.22. The number of pyridine rings is 1. The lowest BCUT2D eigenvalue weighted by atomic mass is 10.5. The second kappa shape index (κ2) is 6.23. The van der Waals surface area contributed by atoms with E-state index in [0.29, 0.717) is 12.4 Å². The predicted molar refractivity (Wildman–Crippen MR) is 72.0 cm³/mol. The quantitative estimate of drug-likeness (QED) is 0.842. The molecule has 0 amide bonds. The van der Waals surface area contributed by atoms with Gasteiger partial charge in [-0.15, -0.1) is 0 Å². The van der Waals surface area contributed by atoms with Crippen LogP contribution in [0, 0.1) is 0 Å². The van der Waals surface area contributed by atoms with E-state index in [2.05, 4.69) is 10.3 Å². The van der Waals surface area contributed by atoms with E-state index in [1.165, 1.54) is 4.31 Å². The zero-order valence-corrected chi connectivity index (χ0v) is 11.8. The molecule has 1 aromatic heterocycles. The highest BCUT2D eigenvalue weighted by Crippen LogP contribution is 2.20. The van der Waals surface area contributed by atoms with E-state index in [4.69, 9.17) is 0 Å². The van der Waals surface area contributed by atoms with Gasteiger partial charge >= 0.3 is 0 Å². The first-order valence-corrected chi connectivity index (χ1v) is 7.95. The molecule has 0 aliphatic heterocycles. The third-order valence-corrected chi connectivity index (χ3v) is 4.79. The van der Waals surface area contributed by atoms with Crippen molar-refractivity contribution >= 4 is 27.6 Å². The van der Waals surface area contributed by atoms with Crippen molar-refractivity contribution in [1.82, 2.24) is 9.29 Å². The molecule has 0 saturated carbocycles. The molecule has 0 aliphatic carbocycles. The van der Waals surface area contributed by atoms with Gasteiger partial charge in [-0.2, -0.15) is 16.1 Å². The van der Waals surface area contributed by atoms with E-state index in [-0.39, 0.29) is 4.90 Å². The van der Waals surface area contributed by atoms with Crippen molar-refractivity contribution in [2.45, 2.75) is 4.90 Å². The molecular weight excluding hydrogens is 258 g/mol. The molecule has 7 heteroatoms. The molecule has 5 nitrogen and oxygen atoms in total. The number of aromatic nitrogens is 1. The van der Waals surface area contributed by atoms with Gasteiger partial charge in [-0.05, 0) is 18.4 Å².